The molecular weight excluding hydrogens is 378 g/mol. The summed E-state index contributed by atoms with van der Waals surface area (Å²) in [6, 6.07) is 6.83. The molecule has 1 aromatic heterocycles. The molecule has 9 heteroatoms. The molecule has 2 rings (SSSR count). The first-order valence-corrected chi connectivity index (χ1v) is 8.73. The molecule has 0 radical (unpaired) electrons. The van der Waals surface area contributed by atoms with Gasteiger partial charge in [0.15, 0.2) is 6.61 Å². The van der Waals surface area contributed by atoms with E-state index in [0.717, 1.165) is 17.5 Å². The Labute approximate surface area is 167 Å². The summed E-state index contributed by atoms with van der Waals surface area (Å²) in [5, 5.41) is 13.1. The van der Waals surface area contributed by atoms with Crippen molar-refractivity contribution in [2.75, 3.05) is 13.2 Å². The van der Waals surface area contributed by atoms with Crippen molar-refractivity contribution in [3.63, 3.8) is 0 Å². The quantitative estimate of drug-likeness (QED) is 0.227. The summed E-state index contributed by atoms with van der Waals surface area (Å²) in [5.41, 5.74) is 1.90. The van der Waals surface area contributed by atoms with E-state index in [0.29, 0.717) is 12.1 Å². The number of nitrogens with one attached hydrogen (secondary N) is 1. The Morgan fingerprint density at radius 2 is 2.00 bits per heavy atom. The van der Waals surface area contributed by atoms with E-state index in [9.17, 15) is 24.5 Å². The van der Waals surface area contributed by atoms with Crippen LogP contribution in [0.25, 0.3) is 0 Å². The highest BCUT2D eigenvalue weighted by Gasteiger charge is 2.18. The number of hydrogen-bond acceptors (Lipinski definition) is 6. The second-order valence-electron chi connectivity index (χ2n) is 6.26. The number of aromatic nitrogens is 1. The molecule has 0 fully saturated rings. The number of carbonyl (C=O) groups excluding carboxylic acids is 3. The lowest BCUT2D eigenvalue weighted by molar-refractivity contribution is -0.384. The first-order valence-electron chi connectivity index (χ1n) is 8.73. The van der Waals surface area contributed by atoms with E-state index >= 15 is 0 Å². The van der Waals surface area contributed by atoms with Gasteiger partial charge in [0.1, 0.15) is 6.54 Å². The Morgan fingerprint density at radius 1 is 1.28 bits per heavy atom. The van der Waals surface area contributed by atoms with Gasteiger partial charge >= 0.3 is 5.97 Å². The van der Waals surface area contributed by atoms with Crippen molar-refractivity contribution in [2.45, 2.75) is 20.4 Å². The van der Waals surface area contributed by atoms with Gasteiger partial charge in [0.2, 0.25) is 5.78 Å². The van der Waals surface area contributed by atoms with Crippen molar-refractivity contribution in [3.05, 3.63) is 75.6 Å². The van der Waals surface area contributed by atoms with Gasteiger partial charge in [-0.1, -0.05) is 12.1 Å². The smallest absolute Gasteiger partial charge is 0.325 e. The number of aryl methyl sites for hydroxylation is 1. The molecule has 29 heavy (non-hydrogen) atoms. The van der Waals surface area contributed by atoms with Crippen LogP contribution in [0.2, 0.25) is 0 Å². The molecule has 0 saturated heterocycles. The van der Waals surface area contributed by atoms with Gasteiger partial charge in [0, 0.05) is 41.2 Å². The SMILES string of the molecule is C=CCn1c(C)cc(C(=O)COC(=O)CNC(=O)c2cccc([N+](=O)[O-])c2)c1C. The van der Waals surface area contributed by atoms with Gasteiger partial charge in [0.05, 0.1) is 4.92 Å². The third-order valence-electron chi connectivity index (χ3n) is 4.26. The number of nitro benzene ring substituents is 1. The number of ether oxygens (including phenoxy) is 1. The normalized spacial score (nSPS) is 10.3. The van der Waals surface area contributed by atoms with E-state index in [1.165, 1.54) is 18.2 Å². The second kappa shape index (κ2) is 9.45. The number of Topliss-reactive ketones (excluding diaryl/α,β-unsaturated/α-hetero) is 1. The Bertz CT molecular complexity index is 977. The number of carbonyl (C=O) groups is 3. The Balaban J connectivity index is 1.88. The maximum absolute atomic E-state index is 12.3. The van der Waals surface area contributed by atoms with Crippen LogP contribution in [-0.2, 0) is 16.1 Å². The number of nitrogens with zero attached hydrogens (tertiary/aromatic N) is 2. The molecule has 0 saturated carbocycles. The number of allylic oxidation sites excluding steroid dienone is 1. The lowest BCUT2D eigenvalue weighted by Crippen LogP contribution is -2.31. The molecule has 0 unspecified atom stereocenters. The number of benzene rings is 1. The van der Waals surface area contributed by atoms with Gasteiger partial charge in [-0.05, 0) is 26.0 Å². The molecule has 0 bridgehead atoms. The van der Waals surface area contributed by atoms with Crippen molar-refractivity contribution in [2.24, 2.45) is 0 Å². The third-order valence-corrected chi connectivity index (χ3v) is 4.26. The maximum Gasteiger partial charge on any atom is 0.325 e. The molecule has 2 aromatic rings. The average Bonchev–Trinajstić information content (AvgIpc) is 2.99. The van der Waals surface area contributed by atoms with E-state index in [1.807, 2.05) is 11.5 Å². The molecule has 1 aromatic carbocycles. The average molecular weight is 399 g/mol. The largest absolute Gasteiger partial charge is 0.456 e. The first kappa shape index (κ1) is 21.5. The molecule has 0 aliphatic carbocycles. The van der Waals surface area contributed by atoms with E-state index in [1.54, 1.807) is 19.1 Å². The van der Waals surface area contributed by atoms with Crippen molar-refractivity contribution < 1.29 is 24.0 Å². The Hall–Kier alpha value is -3.75. The number of rotatable bonds is 9. The summed E-state index contributed by atoms with van der Waals surface area (Å²) in [6.07, 6.45) is 1.72. The molecule has 0 spiro atoms. The number of nitro groups is 1. The van der Waals surface area contributed by atoms with Crippen molar-refractivity contribution in [3.8, 4) is 0 Å². The number of hydrogen-bond donors (Lipinski definition) is 1. The highest BCUT2D eigenvalue weighted by molar-refractivity contribution is 6.00. The van der Waals surface area contributed by atoms with E-state index < -0.39 is 30.0 Å². The molecule has 0 aliphatic rings. The molecule has 1 amide bonds. The third kappa shape index (κ3) is 5.38. The summed E-state index contributed by atoms with van der Waals surface area (Å²) >= 11 is 0. The summed E-state index contributed by atoms with van der Waals surface area (Å²) in [7, 11) is 0. The van der Waals surface area contributed by atoms with E-state index in [-0.39, 0.29) is 17.0 Å². The van der Waals surface area contributed by atoms with Gasteiger partial charge in [-0.15, -0.1) is 6.58 Å². The predicted octanol–water partition coefficient (Wildman–Crippen LogP) is 2.36. The van der Waals surface area contributed by atoms with Gasteiger partial charge in [-0.2, -0.15) is 0 Å². The zero-order valence-electron chi connectivity index (χ0n) is 16.1. The Morgan fingerprint density at radius 3 is 2.66 bits per heavy atom. The second-order valence-corrected chi connectivity index (χ2v) is 6.26. The first-order chi connectivity index (χ1) is 13.7. The fourth-order valence-corrected chi connectivity index (χ4v) is 2.78. The monoisotopic (exact) mass is 399 g/mol. The van der Waals surface area contributed by atoms with Gasteiger partial charge in [-0.25, -0.2) is 0 Å². The molecule has 152 valence electrons. The predicted molar refractivity (Wildman–Crippen MR) is 105 cm³/mol. The van der Waals surface area contributed by atoms with Crippen LogP contribution in [0.15, 0.2) is 43.0 Å². The molecular formula is C20H21N3O6. The lowest BCUT2D eigenvalue weighted by atomic mass is 10.1. The zero-order chi connectivity index (χ0) is 21.6. The molecule has 9 nitrogen and oxygen atoms in total. The van der Waals surface area contributed by atoms with Gasteiger partial charge < -0.3 is 14.6 Å². The number of amides is 1. The molecule has 1 heterocycles. The molecule has 0 aliphatic heterocycles. The van der Waals surface area contributed by atoms with Gasteiger partial charge in [0.25, 0.3) is 11.6 Å². The fourth-order valence-electron chi connectivity index (χ4n) is 2.78. The topological polar surface area (TPSA) is 121 Å². The minimum atomic E-state index is -0.794. The van der Waals surface area contributed by atoms with E-state index in [4.69, 9.17) is 4.74 Å². The standard InChI is InChI=1S/C20H21N3O6/c1-4-8-22-13(2)9-17(14(22)3)18(24)12-29-19(25)11-21-20(26)15-6-5-7-16(10-15)23(27)28/h4-7,9-10H,1,8,11-12H2,2-3H3,(H,21,26). The number of esters is 1. The van der Waals surface area contributed by atoms with Crippen LogP contribution >= 0.6 is 0 Å². The maximum atomic E-state index is 12.3. The fraction of sp³-hybridized carbons (Fsp3) is 0.250. The summed E-state index contributed by atoms with van der Waals surface area (Å²) in [5.74, 6) is -1.81. The zero-order valence-corrected chi connectivity index (χ0v) is 16.1. The highest BCUT2D eigenvalue weighted by atomic mass is 16.6. The minimum Gasteiger partial charge on any atom is -0.456 e. The van der Waals surface area contributed by atoms with Crippen LogP contribution in [0.3, 0.4) is 0 Å². The van der Waals surface area contributed by atoms with Crippen LogP contribution in [0.5, 0.6) is 0 Å². The van der Waals surface area contributed by atoms with Crippen LogP contribution < -0.4 is 5.32 Å². The van der Waals surface area contributed by atoms with Crippen molar-refractivity contribution in [1.82, 2.24) is 9.88 Å². The van der Waals surface area contributed by atoms with Crippen LogP contribution in [0, 0.1) is 24.0 Å². The number of non-ortho nitro benzene ring substituents is 1. The van der Waals surface area contributed by atoms with Crippen LogP contribution in [-0.4, -0.2) is 40.3 Å². The van der Waals surface area contributed by atoms with Crippen molar-refractivity contribution >= 4 is 23.3 Å². The lowest BCUT2D eigenvalue weighted by Gasteiger charge is -2.07. The van der Waals surface area contributed by atoms with Gasteiger partial charge in [-0.3, -0.25) is 24.5 Å². The number of ketones is 1. The molecule has 0 atom stereocenters. The summed E-state index contributed by atoms with van der Waals surface area (Å²) < 4.78 is 6.85. The Kier molecular flexibility index (Phi) is 7.02. The minimum absolute atomic E-state index is 0.0396. The summed E-state index contributed by atoms with van der Waals surface area (Å²) in [6.45, 7) is 6.98. The van der Waals surface area contributed by atoms with Crippen LogP contribution in [0.4, 0.5) is 5.69 Å². The summed E-state index contributed by atoms with van der Waals surface area (Å²) in [4.78, 5) is 46.3. The van der Waals surface area contributed by atoms with E-state index in [2.05, 4.69) is 11.9 Å². The highest BCUT2D eigenvalue weighted by Crippen LogP contribution is 2.16. The molecule has 1 N–H and O–H groups in total. The van der Waals surface area contributed by atoms with Crippen LogP contribution in [0.1, 0.15) is 32.1 Å². The van der Waals surface area contributed by atoms with Crippen molar-refractivity contribution in [1.29, 1.82) is 0 Å².